The van der Waals surface area contributed by atoms with Gasteiger partial charge in [-0.2, -0.15) is 5.10 Å². The van der Waals surface area contributed by atoms with Gasteiger partial charge in [0.2, 0.25) is 0 Å². The maximum Gasteiger partial charge on any atom is 0.116 e. The van der Waals surface area contributed by atoms with E-state index in [1.165, 1.54) is 5.56 Å². The Morgan fingerprint density at radius 1 is 0.870 bits per heavy atom. The summed E-state index contributed by atoms with van der Waals surface area (Å²) in [6.07, 6.45) is 0. The molecule has 3 aromatic carbocycles. The molecule has 0 amide bonds. The Bertz CT molecular complexity index is 987. The van der Waals surface area contributed by atoms with Gasteiger partial charge >= 0.3 is 0 Å². The van der Waals surface area contributed by atoms with Crippen molar-refractivity contribution < 1.29 is 5.11 Å². The Morgan fingerprint density at radius 2 is 1.70 bits per heavy atom. The van der Waals surface area contributed by atoms with E-state index in [0.29, 0.717) is 0 Å². The molecule has 0 bridgehead atoms. The summed E-state index contributed by atoms with van der Waals surface area (Å²) >= 11 is 0. The van der Waals surface area contributed by atoms with E-state index in [4.69, 9.17) is 5.10 Å². The maximum atomic E-state index is 9.90. The molecule has 0 saturated heterocycles. The van der Waals surface area contributed by atoms with Crippen LogP contribution in [0.3, 0.4) is 0 Å². The highest BCUT2D eigenvalue weighted by Crippen LogP contribution is 2.32. The normalized spacial score (nSPS) is 11.0. The number of benzene rings is 3. The molecular weight excluding hydrogens is 284 g/mol. The van der Waals surface area contributed by atoms with Crippen LogP contribution in [-0.4, -0.2) is 14.9 Å². The van der Waals surface area contributed by atoms with Gasteiger partial charge in [0.15, 0.2) is 0 Å². The zero-order chi connectivity index (χ0) is 15.8. The Balaban J connectivity index is 2.03. The lowest BCUT2D eigenvalue weighted by atomic mass is 10.1. The molecule has 0 aliphatic heterocycles. The topological polar surface area (TPSA) is 38.0 Å². The molecular formula is C20H16N2O. The van der Waals surface area contributed by atoms with Crippen molar-refractivity contribution in [1.29, 1.82) is 0 Å². The summed E-state index contributed by atoms with van der Waals surface area (Å²) in [5, 5.41) is 15.7. The molecule has 1 N–H and O–H groups in total. The van der Waals surface area contributed by atoms with Gasteiger partial charge in [0.25, 0.3) is 0 Å². The Kier molecular flexibility index (Phi) is 3.12. The van der Waals surface area contributed by atoms with E-state index < -0.39 is 0 Å². The summed E-state index contributed by atoms with van der Waals surface area (Å²) in [5.74, 6) is 0.249. The highest BCUT2D eigenvalue weighted by Gasteiger charge is 2.14. The number of hydrogen-bond acceptors (Lipinski definition) is 2. The third-order valence-corrected chi connectivity index (χ3v) is 3.96. The number of fused-ring (bicyclic) bond motifs is 1. The molecule has 3 nitrogen and oxygen atoms in total. The molecule has 0 atom stereocenters. The van der Waals surface area contributed by atoms with Crippen LogP contribution in [0.25, 0.3) is 27.8 Å². The molecule has 0 saturated carbocycles. The molecule has 4 rings (SSSR count). The third-order valence-electron chi connectivity index (χ3n) is 3.96. The fourth-order valence-corrected chi connectivity index (χ4v) is 2.88. The van der Waals surface area contributed by atoms with Gasteiger partial charge in [-0.1, -0.05) is 42.0 Å². The summed E-state index contributed by atoms with van der Waals surface area (Å²) in [4.78, 5) is 0. The van der Waals surface area contributed by atoms with Gasteiger partial charge in [-0.05, 0) is 43.3 Å². The molecule has 0 fully saturated rings. The summed E-state index contributed by atoms with van der Waals surface area (Å²) in [5.41, 5.74) is 5.09. The fraction of sp³-hybridized carbons (Fsp3) is 0.0500. The standard InChI is InChI=1S/C20H16N2O/c1-14-6-5-7-15(12-14)20-18-13-17(23)10-11-19(18)22(21-20)16-8-3-2-4-9-16/h2-13,23H,1H3. The second-order valence-electron chi connectivity index (χ2n) is 5.67. The van der Waals surface area contributed by atoms with Crippen LogP contribution < -0.4 is 0 Å². The van der Waals surface area contributed by atoms with Crippen LogP contribution in [0, 0.1) is 6.92 Å². The van der Waals surface area contributed by atoms with Gasteiger partial charge in [-0.3, -0.25) is 0 Å². The van der Waals surface area contributed by atoms with Crippen LogP contribution in [0.4, 0.5) is 0 Å². The smallest absolute Gasteiger partial charge is 0.116 e. The summed E-state index contributed by atoms with van der Waals surface area (Å²) < 4.78 is 1.92. The van der Waals surface area contributed by atoms with Crippen molar-refractivity contribution in [3.05, 3.63) is 78.4 Å². The lowest BCUT2D eigenvalue weighted by Gasteiger charge is -2.02. The van der Waals surface area contributed by atoms with Crippen molar-refractivity contribution >= 4 is 10.9 Å². The molecule has 0 radical (unpaired) electrons. The van der Waals surface area contributed by atoms with Crippen LogP contribution in [-0.2, 0) is 0 Å². The van der Waals surface area contributed by atoms with Gasteiger partial charge in [-0.25, -0.2) is 4.68 Å². The van der Waals surface area contributed by atoms with E-state index in [2.05, 4.69) is 19.1 Å². The minimum absolute atomic E-state index is 0.249. The molecule has 112 valence electrons. The molecule has 1 aromatic heterocycles. The molecule has 0 spiro atoms. The predicted molar refractivity (Wildman–Crippen MR) is 92.9 cm³/mol. The van der Waals surface area contributed by atoms with Gasteiger partial charge in [0.1, 0.15) is 11.4 Å². The van der Waals surface area contributed by atoms with Crippen LogP contribution >= 0.6 is 0 Å². The molecule has 0 unspecified atom stereocenters. The van der Waals surface area contributed by atoms with Crippen molar-refractivity contribution in [1.82, 2.24) is 9.78 Å². The monoisotopic (exact) mass is 300 g/mol. The zero-order valence-corrected chi connectivity index (χ0v) is 12.8. The van der Waals surface area contributed by atoms with Crippen molar-refractivity contribution in [3.63, 3.8) is 0 Å². The quantitative estimate of drug-likeness (QED) is 0.582. The number of nitrogens with zero attached hydrogens (tertiary/aromatic N) is 2. The first-order valence-electron chi connectivity index (χ1n) is 7.56. The van der Waals surface area contributed by atoms with Gasteiger partial charge in [0, 0.05) is 10.9 Å². The summed E-state index contributed by atoms with van der Waals surface area (Å²) in [6.45, 7) is 2.07. The third kappa shape index (κ3) is 2.36. The van der Waals surface area contributed by atoms with E-state index in [1.54, 1.807) is 12.1 Å². The fourth-order valence-electron chi connectivity index (χ4n) is 2.88. The number of aromatic nitrogens is 2. The second kappa shape index (κ2) is 5.29. The Morgan fingerprint density at radius 3 is 2.48 bits per heavy atom. The number of aromatic hydroxyl groups is 1. The Hall–Kier alpha value is -3.07. The van der Waals surface area contributed by atoms with Crippen molar-refractivity contribution in [2.45, 2.75) is 6.92 Å². The average Bonchev–Trinajstić information content (AvgIpc) is 2.94. The SMILES string of the molecule is Cc1cccc(-c2nn(-c3ccccc3)c3ccc(O)cc23)c1. The van der Waals surface area contributed by atoms with Crippen molar-refractivity contribution in [3.8, 4) is 22.7 Å². The lowest BCUT2D eigenvalue weighted by molar-refractivity contribution is 0.476. The molecule has 1 heterocycles. The highest BCUT2D eigenvalue weighted by molar-refractivity contribution is 5.95. The Labute approximate surface area is 134 Å². The van der Waals surface area contributed by atoms with Crippen LogP contribution in [0.15, 0.2) is 72.8 Å². The molecule has 3 heteroatoms. The average molecular weight is 300 g/mol. The number of para-hydroxylation sites is 1. The van der Waals surface area contributed by atoms with E-state index in [0.717, 1.165) is 27.8 Å². The van der Waals surface area contributed by atoms with E-state index >= 15 is 0 Å². The van der Waals surface area contributed by atoms with E-state index in [9.17, 15) is 5.11 Å². The van der Waals surface area contributed by atoms with Crippen LogP contribution in [0.2, 0.25) is 0 Å². The van der Waals surface area contributed by atoms with Gasteiger partial charge < -0.3 is 5.11 Å². The first kappa shape index (κ1) is 13.6. The van der Waals surface area contributed by atoms with Crippen LogP contribution in [0.1, 0.15) is 5.56 Å². The predicted octanol–water partition coefficient (Wildman–Crippen LogP) is 4.71. The van der Waals surface area contributed by atoms with Crippen molar-refractivity contribution in [2.75, 3.05) is 0 Å². The second-order valence-corrected chi connectivity index (χ2v) is 5.67. The minimum atomic E-state index is 0.249. The largest absolute Gasteiger partial charge is 0.508 e. The van der Waals surface area contributed by atoms with E-state index in [-0.39, 0.29) is 5.75 Å². The van der Waals surface area contributed by atoms with Gasteiger partial charge in [0.05, 0.1) is 11.2 Å². The summed E-state index contributed by atoms with van der Waals surface area (Å²) in [6, 6.07) is 23.7. The number of rotatable bonds is 2. The maximum absolute atomic E-state index is 9.90. The number of phenols is 1. The van der Waals surface area contributed by atoms with Gasteiger partial charge in [-0.15, -0.1) is 0 Å². The highest BCUT2D eigenvalue weighted by atomic mass is 16.3. The molecule has 0 aliphatic rings. The van der Waals surface area contributed by atoms with Crippen LogP contribution in [0.5, 0.6) is 5.75 Å². The first-order valence-corrected chi connectivity index (χ1v) is 7.56. The lowest BCUT2D eigenvalue weighted by Crippen LogP contribution is -1.95. The summed E-state index contributed by atoms with van der Waals surface area (Å²) in [7, 11) is 0. The number of hydrogen-bond donors (Lipinski definition) is 1. The molecule has 4 aromatic rings. The number of phenolic OH excluding ortho intramolecular Hbond substituents is 1. The van der Waals surface area contributed by atoms with Crippen molar-refractivity contribution in [2.24, 2.45) is 0 Å². The zero-order valence-electron chi connectivity index (χ0n) is 12.8. The number of aryl methyl sites for hydroxylation is 1. The molecule has 23 heavy (non-hydrogen) atoms. The minimum Gasteiger partial charge on any atom is -0.508 e. The molecule has 0 aliphatic carbocycles. The first-order chi connectivity index (χ1) is 11.2. The van der Waals surface area contributed by atoms with E-state index in [1.807, 2.05) is 53.2 Å².